The van der Waals surface area contributed by atoms with Crippen LogP contribution in [0.1, 0.15) is 37.4 Å². The number of aliphatic hydroxyl groups excluding tert-OH is 2. The molecule has 0 saturated carbocycles. The molecule has 0 amide bonds. The molecule has 2 atom stereocenters. The van der Waals surface area contributed by atoms with Gasteiger partial charge in [-0.1, -0.05) is 12.5 Å². The standard InChI is InChI=1S/C15H21F2NO2/c16-12-5-3-6-13(17)15(12)14(20)10-18-8-2-1-4-11(18)7-9-19/h3,5-6,11,14,19-20H,1-2,4,7-10H2. The molecule has 1 aromatic rings. The molecule has 0 spiro atoms. The summed E-state index contributed by atoms with van der Waals surface area (Å²) in [5.41, 5.74) is -0.263. The fraction of sp³-hybridized carbons (Fsp3) is 0.600. The van der Waals surface area contributed by atoms with Crippen LogP contribution in [0, 0.1) is 11.6 Å². The number of nitrogens with zero attached hydrogens (tertiary/aromatic N) is 1. The summed E-state index contributed by atoms with van der Waals surface area (Å²) in [7, 11) is 0. The van der Waals surface area contributed by atoms with Crippen molar-refractivity contribution in [2.45, 2.75) is 37.8 Å². The maximum absolute atomic E-state index is 13.6. The lowest BCUT2D eigenvalue weighted by molar-refractivity contribution is 0.0533. The first-order chi connectivity index (χ1) is 9.63. The van der Waals surface area contributed by atoms with Crippen molar-refractivity contribution in [2.75, 3.05) is 19.7 Å². The predicted molar refractivity (Wildman–Crippen MR) is 72.2 cm³/mol. The van der Waals surface area contributed by atoms with Crippen LogP contribution in [0.2, 0.25) is 0 Å². The Kier molecular flexibility index (Phi) is 5.46. The van der Waals surface area contributed by atoms with Gasteiger partial charge in [-0.3, -0.25) is 4.90 Å². The summed E-state index contributed by atoms with van der Waals surface area (Å²) in [5, 5.41) is 19.2. The lowest BCUT2D eigenvalue weighted by Gasteiger charge is -2.36. The van der Waals surface area contributed by atoms with Crippen molar-refractivity contribution in [1.82, 2.24) is 4.90 Å². The van der Waals surface area contributed by atoms with Gasteiger partial charge in [0.05, 0.1) is 11.7 Å². The number of aliphatic hydroxyl groups is 2. The van der Waals surface area contributed by atoms with E-state index in [9.17, 15) is 13.9 Å². The van der Waals surface area contributed by atoms with Crippen LogP contribution in [-0.2, 0) is 0 Å². The van der Waals surface area contributed by atoms with Crippen LogP contribution < -0.4 is 0 Å². The van der Waals surface area contributed by atoms with Crippen LogP contribution in [0.3, 0.4) is 0 Å². The van der Waals surface area contributed by atoms with Crippen molar-refractivity contribution in [1.29, 1.82) is 0 Å². The average molecular weight is 285 g/mol. The molecule has 3 nitrogen and oxygen atoms in total. The SMILES string of the molecule is OCCC1CCCCN1CC(O)c1c(F)cccc1F. The van der Waals surface area contributed by atoms with Crippen molar-refractivity contribution in [3.05, 3.63) is 35.4 Å². The van der Waals surface area contributed by atoms with Gasteiger partial charge in [0.1, 0.15) is 11.6 Å². The number of halogens is 2. The molecule has 0 bridgehead atoms. The van der Waals surface area contributed by atoms with Crippen molar-refractivity contribution in [3.8, 4) is 0 Å². The van der Waals surface area contributed by atoms with Crippen LogP contribution in [0.15, 0.2) is 18.2 Å². The molecular weight excluding hydrogens is 264 g/mol. The van der Waals surface area contributed by atoms with Crippen molar-refractivity contribution < 1.29 is 19.0 Å². The Morgan fingerprint density at radius 2 is 1.95 bits per heavy atom. The molecule has 2 unspecified atom stereocenters. The fourth-order valence-electron chi connectivity index (χ4n) is 2.92. The smallest absolute Gasteiger partial charge is 0.131 e. The van der Waals surface area contributed by atoms with E-state index in [4.69, 9.17) is 5.11 Å². The van der Waals surface area contributed by atoms with E-state index in [-0.39, 0.29) is 24.8 Å². The molecule has 5 heteroatoms. The highest BCUT2D eigenvalue weighted by atomic mass is 19.1. The van der Waals surface area contributed by atoms with E-state index in [0.717, 1.165) is 37.9 Å². The summed E-state index contributed by atoms with van der Waals surface area (Å²) in [6, 6.07) is 3.78. The lowest BCUT2D eigenvalue weighted by atomic mass is 9.98. The summed E-state index contributed by atoms with van der Waals surface area (Å²) in [6.07, 6.45) is 2.50. The Bertz CT molecular complexity index is 420. The van der Waals surface area contributed by atoms with E-state index in [1.165, 1.54) is 6.07 Å². The number of β-amino-alcohol motifs (C(OH)–C–C–N with tert-alkyl or cyclic N) is 1. The summed E-state index contributed by atoms with van der Waals surface area (Å²) < 4.78 is 27.3. The Morgan fingerprint density at radius 3 is 2.60 bits per heavy atom. The maximum Gasteiger partial charge on any atom is 0.131 e. The Labute approximate surface area is 117 Å². The quantitative estimate of drug-likeness (QED) is 0.872. The number of likely N-dealkylation sites (tertiary alicyclic amines) is 1. The Morgan fingerprint density at radius 1 is 1.25 bits per heavy atom. The average Bonchev–Trinajstić information content (AvgIpc) is 2.41. The van der Waals surface area contributed by atoms with E-state index < -0.39 is 17.7 Å². The molecule has 1 aromatic carbocycles. The van der Waals surface area contributed by atoms with E-state index in [1.807, 2.05) is 4.90 Å². The highest BCUT2D eigenvalue weighted by molar-refractivity contribution is 5.22. The molecule has 112 valence electrons. The van der Waals surface area contributed by atoms with Gasteiger partial charge in [-0.2, -0.15) is 0 Å². The zero-order chi connectivity index (χ0) is 14.5. The van der Waals surface area contributed by atoms with Crippen molar-refractivity contribution >= 4 is 0 Å². The topological polar surface area (TPSA) is 43.7 Å². The Hall–Kier alpha value is -1.04. The van der Waals surface area contributed by atoms with Gasteiger partial charge in [-0.25, -0.2) is 8.78 Å². The lowest BCUT2D eigenvalue weighted by Crippen LogP contribution is -2.42. The monoisotopic (exact) mass is 285 g/mol. The summed E-state index contributed by atoms with van der Waals surface area (Å²) in [6.45, 7) is 1.08. The van der Waals surface area contributed by atoms with Gasteiger partial charge in [0, 0.05) is 19.2 Å². The van der Waals surface area contributed by atoms with Crippen LogP contribution >= 0.6 is 0 Å². The molecule has 1 aliphatic heterocycles. The molecule has 1 saturated heterocycles. The highest BCUT2D eigenvalue weighted by Gasteiger charge is 2.26. The van der Waals surface area contributed by atoms with Crippen molar-refractivity contribution in [3.63, 3.8) is 0 Å². The molecule has 0 aliphatic carbocycles. The molecule has 1 aliphatic rings. The molecular formula is C15H21F2NO2. The fourth-order valence-corrected chi connectivity index (χ4v) is 2.92. The minimum atomic E-state index is -1.18. The predicted octanol–water partition coefficient (Wildman–Crippen LogP) is 2.24. The van der Waals surface area contributed by atoms with E-state index in [1.54, 1.807) is 0 Å². The first-order valence-corrected chi connectivity index (χ1v) is 7.10. The Balaban J connectivity index is 2.07. The number of hydrogen-bond donors (Lipinski definition) is 2. The van der Waals surface area contributed by atoms with E-state index >= 15 is 0 Å². The number of hydrogen-bond acceptors (Lipinski definition) is 3. The minimum Gasteiger partial charge on any atom is -0.396 e. The molecule has 2 rings (SSSR count). The molecule has 1 fully saturated rings. The molecule has 20 heavy (non-hydrogen) atoms. The number of rotatable bonds is 5. The van der Waals surface area contributed by atoms with E-state index in [2.05, 4.69) is 0 Å². The largest absolute Gasteiger partial charge is 0.396 e. The summed E-state index contributed by atoms with van der Waals surface area (Å²) >= 11 is 0. The minimum absolute atomic E-state index is 0.0886. The second-order valence-corrected chi connectivity index (χ2v) is 5.31. The van der Waals surface area contributed by atoms with Gasteiger partial charge in [-0.05, 0) is 37.9 Å². The molecule has 2 N–H and O–H groups in total. The zero-order valence-electron chi connectivity index (χ0n) is 11.4. The van der Waals surface area contributed by atoms with Gasteiger partial charge < -0.3 is 10.2 Å². The first-order valence-electron chi connectivity index (χ1n) is 7.10. The normalized spacial score (nSPS) is 21.9. The highest BCUT2D eigenvalue weighted by Crippen LogP contribution is 2.26. The second kappa shape index (κ2) is 7.11. The van der Waals surface area contributed by atoms with Gasteiger partial charge in [0.15, 0.2) is 0 Å². The van der Waals surface area contributed by atoms with Gasteiger partial charge in [-0.15, -0.1) is 0 Å². The number of benzene rings is 1. The third kappa shape index (κ3) is 3.53. The third-order valence-corrected chi connectivity index (χ3v) is 3.95. The molecule has 0 aromatic heterocycles. The molecule has 1 heterocycles. The number of piperidine rings is 1. The second-order valence-electron chi connectivity index (χ2n) is 5.31. The third-order valence-electron chi connectivity index (χ3n) is 3.95. The van der Waals surface area contributed by atoms with Gasteiger partial charge in [0.2, 0.25) is 0 Å². The van der Waals surface area contributed by atoms with Gasteiger partial charge >= 0.3 is 0 Å². The van der Waals surface area contributed by atoms with Crippen LogP contribution in [0.25, 0.3) is 0 Å². The molecule has 0 radical (unpaired) electrons. The van der Waals surface area contributed by atoms with Crippen LogP contribution in [-0.4, -0.2) is 40.9 Å². The van der Waals surface area contributed by atoms with Gasteiger partial charge in [0.25, 0.3) is 0 Å². The van der Waals surface area contributed by atoms with E-state index in [0.29, 0.717) is 6.42 Å². The van der Waals surface area contributed by atoms with Crippen LogP contribution in [0.4, 0.5) is 8.78 Å². The van der Waals surface area contributed by atoms with Crippen LogP contribution in [0.5, 0.6) is 0 Å². The maximum atomic E-state index is 13.6. The zero-order valence-corrected chi connectivity index (χ0v) is 11.4. The summed E-state index contributed by atoms with van der Waals surface area (Å²) in [4.78, 5) is 2.02. The summed E-state index contributed by atoms with van der Waals surface area (Å²) in [5.74, 6) is -1.43. The van der Waals surface area contributed by atoms with Crippen molar-refractivity contribution in [2.24, 2.45) is 0 Å². The first kappa shape index (κ1) is 15.4.